The Balaban J connectivity index is 1.25. The van der Waals surface area contributed by atoms with Crippen molar-refractivity contribution in [1.29, 1.82) is 0 Å². The van der Waals surface area contributed by atoms with Gasteiger partial charge in [-0.1, -0.05) is 115 Å². The monoisotopic (exact) mass is 601 g/mol. The molecule has 5 aromatic carbocycles. The number of nitrogens with zero attached hydrogens (tertiary/aromatic N) is 1. The van der Waals surface area contributed by atoms with Gasteiger partial charge in [-0.3, -0.25) is 4.79 Å². The second-order valence-electron chi connectivity index (χ2n) is 10.7. The Morgan fingerprint density at radius 3 is 1.84 bits per heavy atom. The first kappa shape index (κ1) is 29.1. The van der Waals surface area contributed by atoms with Crippen molar-refractivity contribution in [2.75, 3.05) is 7.05 Å². The SMILES string of the molecule is CN(C(Cc1ccccc1)C(=O)O)S(=O)(=O)c1ccc(-c2ccc(-c3c(Cc4ccccc4)oc4ccccc34)cc2)cc1. The summed E-state index contributed by atoms with van der Waals surface area (Å²) in [6, 6.07) is 40.7. The molecule has 220 valence electrons. The van der Waals surface area contributed by atoms with Gasteiger partial charge in [0.1, 0.15) is 17.4 Å². The molecule has 0 bridgehead atoms. The maximum absolute atomic E-state index is 13.4. The molecule has 0 saturated heterocycles. The number of benzene rings is 5. The highest BCUT2D eigenvalue weighted by atomic mass is 32.2. The van der Waals surface area contributed by atoms with Crippen LogP contribution in [-0.2, 0) is 27.7 Å². The maximum atomic E-state index is 13.4. The number of aliphatic carboxylic acids is 1. The molecular formula is C37H31NO5S. The molecule has 1 heterocycles. The topological polar surface area (TPSA) is 87.8 Å². The molecule has 0 radical (unpaired) electrons. The van der Waals surface area contributed by atoms with Crippen molar-refractivity contribution in [1.82, 2.24) is 4.31 Å². The smallest absolute Gasteiger partial charge is 0.322 e. The number of furan rings is 1. The van der Waals surface area contributed by atoms with Crippen LogP contribution in [0.15, 0.2) is 143 Å². The summed E-state index contributed by atoms with van der Waals surface area (Å²) < 4.78 is 34.1. The van der Waals surface area contributed by atoms with E-state index in [4.69, 9.17) is 4.42 Å². The number of rotatable bonds is 10. The first-order chi connectivity index (χ1) is 21.3. The van der Waals surface area contributed by atoms with Crippen LogP contribution in [-0.4, -0.2) is 36.9 Å². The highest BCUT2D eigenvalue weighted by molar-refractivity contribution is 7.89. The average molecular weight is 602 g/mol. The number of hydrogen-bond donors (Lipinski definition) is 1. The van der Waals surface area contributed by atoms with Gasteiger partial charge >= 0.3 is 5.97 Å². The Hall–Kier alpha value is -4.98. The highest BCUT2D eigenvalue weighted by Crippen LogP contribution is 2.37. The summed E-state index contributed by atoms with van der Waals surface area (Å²) in [6.07, 6.45) is 0.737. The number of carboxylic acids is 1. The third-order valence-electron chi connectivity index (χ3n) is 7.91. The van der Waals surface area contributed by atoms with Crippen molar-refractivity contribution >= 4 is 27.0 Å². The minimum Gasteiger partial charge on any atom is -0.480 e. The Morgan fingerprint density at radius 2 is 1.23 bits per heavy atom. The number of sulfonamides is 1. The summed E-state index contributed by atoms with van der Waals surface area (Å²) in [4.78, 5) is 12.1. The zero-order valence-electron chi connectivity index (χ0n) is 24.1. The minimum atomic E-state index is -4.05. The molecule has 0 aliphatic rings. The van der Waals surface area contributed by atoms with Gasteiger partial charge in [-0.25, -0.2) is 8.42 Å². The van der Waals surface area contributed by atoms with E-state index in [-0.39, 0.29) is 11.3 Å². The van der Waals surface area contributed by atoms with Crippen LogP contribution < -0.4 is 0 Å². The molecule has 0 spiro atoms. The Labute approximate surface area is 256 Å². The molecule has 0 aliphatic carbocycles. The first-order valence-corrected chi connectivity index (χ1v) is 15.8. The highest BCUT2D eigenvalue weighted by Gasteiger charge is 2.33. The quantitative estimate of drug-likeness (QED) is 0.174. The second-order valence-corrected chi connectivity index (χ2v) is 12.7. The van der Waals surface area contributed by atoms with Gasteiger partial charge in [0.05, 0.1) is 4.90 Å². The van der Waals surface area contributed by atoms with Crippen LogP contribution in [0.2, 0.25) is 0 Å². The van der Waals surface area contributed by atoms with Gasteiger partial charge in [0, 0.05) is 24.4 Å². The van der Waals surface area contributed by atoms with E-state index in [0.717, 1.165) is 48.9 Å². The molecule has 7 heteroatoms. The standard InChI is InChI=1S/C37H31NO5S/c1-38(33(37(39)40)24-26-10-4-2-5-11-26)44(41,42)31-22-20-29(21-23-31)28-16-18-30(19-17-28)36-32-14-8-9-15-34(32)43-35(36)25-27-12-6-3-7-13-27/h2-23,33H,24-25H2,1H3,(H,39,40). The summed E-state index contributed by atoms with van der Waals surface area (Å²) in [5, 5.41) is 10.9. The molecule has 0 fully saturated rings. The average Bonchev–Trinajstić information content (AvgIpc) is 3.42. The normalized spacial score (nSPS) is 12.4. The molecular weight excluding hydrogens is 570 g/mol. The minimum absolute atomic E-state index is 0.0371. The number of carboxylic acid groups (broad SMARTS) is 1. The third-order valence-corrected chi connectivity index (χ3v) is 9.79. The van der Waals surface area contributed by atoms with Gasteiger partial charge in [0.15, 0.2) is 0 Å². The molecule has 6 nitrogen and oxygen atoms in total. The van der Waals surface area contributed by atoms with Gasteiger partial charge in [-0.15, -0.1) is 0 Å². The zero-order chi connectivity index (χ0) is 30.7. The van der Waals surface area contributed by atoms with Gasteiger partial charge in [0.25, 0.3) is 0 Å². The third kappa shape index (κ3) is 5.93. The van der Waals surface area contributed by atoms with E-state index in [9.17, 15) is 18.3 Å². The molecule has 1 unspecified atom stereocenters. The molecule has 0 amide bonds. The lowest BCUT2D eigenvalue weighted by atomic mass is 9.96. The number of carbonyl (C=O) groups is 1. The van der Waals surface area contributed by atoms with Crippen molar-refractivity contribution in [2.45, 2.75) is 23.8 Å². The van der Waals surface area contributed by atoms with Crippen molar-refractivity contribution < 1.29 is 22.7 Å². The first-order valence-electron chi connectivity index (χ1n) is 14.3. The molecule has 0 saturated carbocycles. The van der Waals surface area contributed by atoms with Crippen LogP contribution >= 0.6 is 0 Å². The van der Waals surface area contributed by atoms with Gasteiger partial charge in [0.2, 0.25) is 10.0 Å². The Morgan fingerprint density at radius 1 is 0.705 bits per heavy atom. The molecule has 44 heavy (non-hydrogen) atoms. The zero-order valence-corrected chi connectivity index (χ0v) is 24.9. The lowest BCUT2D eigenvalue weighted by Gasteiger charge is -2.24. The summed E-state index contributed by atoms with van der Waals surface area (Å²) in [6.45, 7) is 0. The fourth-order valence-corrected chi connectivity index (χ4v) is 6.82. The van der Waals surface area contributed by atoms with Crippen LogP contribution in [0.25, 0.3) is 33.2 Å². The summed E-state index contributed by atoms with van der Waals surface area (Å²) in [5.74, 6) is -0.301. The Kier molecular flexibility index (Phi) is 8.15. The lowest BCUT2D eigenvalue weighted by molar-refractivity contribution is -0.141. The largest absolute Gasteiger partial charge is 0.480 e. The van der Waals surface area contributed by atoms with Crippen LogP contribution in [0, 0.1) is 0 Å². The fourth-order valence-electron chi connectivity index (χ4n) is 5.51. The van der Waals surface area contributed by atoms with Crippen molar-refractivity contribution in [3.05, 3.63) is 150 Å². The van der Waals surface area contributed by atoms with Crippen molar-refractivity contribution in [3.63, 3.8) is 0 Å². The lowest BCUT2D eigenvalue weighted by Crippen LogP contribution is -2.43. The van der Waals surface area contributed by atoms with Crippen LogP contribution in [0.1, 0.15) is 16.9 Å². The van der Waals surface area contributed by atoms with E-state index in [1.54, 1.807) is 36.4 Å². The van der Waals surface area contributed by atoms with E-state index >= 15 is 0 Å². The summed E-state index contributed by atoms with van der Waals surface area (Å²) in [5.41, 5.74) is 6.62. The summed E-state index contributed by atoms with van der Waals surface area (Å²) in [7, 11) is -2.73. The van der Waals surface area contributed by atoms with Crippen LogP contribution in [0.3, 0.4) is 0 Å². The number of likely N-dealkylation sites (N-methyl/N-ethyl adjacent to an activating group) is 1. The van der Waals surface area contributed by atoms with Gasteiger partial charge in [-0.05, 0) is 52.4 Å². The van der Waals surface area contributed by atoms with E-state index in [0.29, 0.717) is 6.42 Å². The van der Waals surface area contributed by atoms with E-state index in [1.807, 2.05) is 54.6 Å². The second kappa shape index (κ2) is 12.3. The van der Waals surface area contributed by atoms with E-state index in [1.165, 1.54) is 24.7 Å². The maximum Gasteiger partial charge on any atom is 0.322 e. The molecule has 6 rings (SSSR count). The van der Waals surface area contributed by atoms with Gasteiger partial charge < -0.3 is 9.52 Å². The van der Waals surface area contributed by atoms with Crippen LogP contribution in [0.4, 0.5) is 0 Å². The number of hydrogen-bond acceptors (Lipinski definition) is 4. The van der Waals surface area contributed by atoms with Crippen LogP contribution in [0.5, 0.6) is 0 Å². The molecule has 1 atom stereocenters. The van der Waals surface area contributed by atoms with Crippen molar-refractivity contribution in [2.24, 2.45) is 0 Å². The van der Waals surface area contributed by atoms with E-state index in [2.05, 4.69) is 30.3 Å². The molecule has 6 aromatic rings. The molecule has 1 aromatic heterocycles. The summed E-state index contributed by atoms with van der Waals surface area (Å²) >= 11 is 0. The Bertz CT molecular complexity index is 2000. The van der Waals surface area contributed by atoms with Gasteiger partial charge in [-0.2, -0.15) is 4.31 Å². The van der Waals surface area contributed by atoms with Crippen molar-refractivity contribution in [3.8, 4) is 22.3 Å². The number of fused-ring (bicyclic) bond motifs is 1. The fraction of sp³-hybridized carbons (Fsp3) is 0.108. The molecule has 1 N–H and O–H groups in total. The van der Waals surface area contributed by atoms with E-state index < -0.39 is 22.0 Å². The predicted octanol–water partition coefficient (Wildman–Crippen LogP) is 7.67. The predicted molar refractivity (Wildman–Crippen MR) is 173 cm³/mol. The molecule has 0 aliphatic heterocycles. The number of para-hydroxylation sites is 1.